The Labute approximate surface area is 196 Å². The van der Waals surface area contributed by atoms with Gasteiger partial charge in [0.05, 0.1) is 5.92 Å². The Morgan fingerprint density at radius 2 is 1.24 bits per heavy atom. The predicted molar refractivity (Wildman–Crippen MR) is 133 cm³/mol. The highest BCUT2D eigenvalue weighted by molar-refractivity contribution is 6.13. The molecule has 5 heteroatoms. The first kappa shape index (κ1) is 24.4. The molecular formula is C28H33N3O2. The quantitative estimate of drug-likeness (QED) is 0.438. The molecule has 1 amide bonds. The summed E-state index contributed by atoms with van der Waals surface area (Å²) in [4.78, 5) is 29.6. The number of Topliss-reactive ketones (excluding diaryl/α,β-unsaturated/α-hetero) is 1. The number of hydrogen-bond donors (Lipinski definition) is 2. The molecule has 0 bridgehead atoms. The predicted octanol–water partition coefficient (Wildman–Crippen LogP) is 4.04. The Morgan fingerprint density at radius 3 is 1.64 bits per heavy atom. The lowest BCUT2D eigenvalue weighted by atomic mass is 9.74. The highest BCUT2D eigenvalue weighted by Gasteiger charge is 2.51. The fourth-order valence-electron chi connectivity index (χ4n) is 4.56. The Kier molecular flexibility index (Phi) is 8.15. The van der Waals surface area contributed by atoms with Crippen LogP contribution in [0.4, 0.5) is 0 Å². The lowest BCUT2D eigenvalue weighted by Crippen LogP contribution is -2.63. The van der Waals surface area contributed by atoms with E-state index in [2.05, 4.69) is 0 Å². The van der Waals surface area contributed by atoms with Gasteiger partial charge in [0, 0.05) is 6.04 Å². The van der Waals surface area contributed by atoms with Gasteiger partial charge < -0.3 is 11.5 Å². The summed E-state index contributed by atoms with van der Waals surface area (Å²) in [7, 11) is 1.81. The smallest absolute Gasteiger partial charge is 0.245 e. The number of carbonyl (C=O) groups is 2. The molecule has 2 atom stereocenters. The Hall–Kier alpha value is -3.28. The number of primary amides is 1. The zero-order chi connectivity index (χ0) is 23.8. The van der Waals surface area contributed by atoms with Gasteiger partial charge in [-0.15, -0.1) is 0 Å². The third-order valence-electron chi connectivity index (χ3n) is 6.55. The average Bonchev–Trinajstić information content (AvgIpc) is 2.85. The highest BCUT2D eigenvalue weighted by Crippen LogP contribution is 2.38. The molecule has 5 nitrogen and oxygen atoms in total. The molecule has 0 heterocycles. The first-order valence-electron chi connectivity index (χ1n) is 11.4. The van der Waals surface area contributed by atoms with E-state index in [0.29, 0.717) is 13.0 Å². The van der Waals surface area contributed by atoms with Crippen LogP contribution in [0.5, 0.6) is 0 Å². The van der Waals surface area contributed by atoms with Gasteiger partial charge in [-0.1, -0.05) is 91.0 Å². The number of ketones is 1. The van der Waals surface area contributed by atoms with E-state index in [9.17, 15) is 9.59 Å². The molecule has 0 saturated heterocycles. The maximum atomic E-state index is 14.5. The van der Waals surface area contributed by atoms with Crippen molar-refractivity contribution in [3.63, 3.8) is 0 Å². The molecule has 4 N–H and O–H groups in total. The van der Waals surface area contributed by atoms with Crippen molar-refractivity contribution < 1.29 is 9.59 Å². The molecule has 0 aliphatic carbocycles. The van der Waals surface area contributed by atoms with Crippen LogP contribution in [0.15, 0.2) is 91.0 Å². The summed E-state index contributed by atoms with van der Waals surface area (Å²) in [6.07, 6.45) is 0.748. The Balaban J connectivity index is 2.17. The third-order valence-corrected chi connectivity index (χ3v) is 6.55. The standard InChI is InChI=1S/C28H33N3O2/c1-21(22-13-6-3-7-14-22)31(2)28(27(30)33,19-12-20-29)26(32)25(23-15-8-4-9-16-23)24-17-10-5-11-18-24/h3-11,13-18,21,25H,12,19-20,29H2,1-2H3,(H2,30,33). The molecule has 172 valence electrons. The van der Waals surface area contributed by atoms with Gasteiger partial charge in [0.25, 0.3) is 0 Å². The number of hydrogen-bond acceptors (Lipinski definition) is 4. The first-order chi connectivity index (χ1) is 15.9. The zero-order valence-electron chi connectivity index (χ0n) is 19.4. The maximum absolute atomic E-state index is 14.5. The number of benzene rings is 3. The molecule has 0 saturated carbocycles. The lowest BCUT2D eigenvalue weighted by molar-refractivity contribution is -0.145. The molecule has 0 aromatic heterocycles. The highest BCUT2D eigenvalue weighted by atomic mass is 16.2. The molecule has 0 aliphatic heterocycles. The van der Waals surface area contributed by atoms with Crippen LogP contribution in [0.3, 0.4) is 0 Å². The van der Waals surface area contributed by atoms with Crippen LogP contribution in [0.25, 0.3) is 0 Å². The normalized spacial score (nSPS) is 14.1. The van der Waals surface area contributed by atoms with Crippen LogP contribution >= 0.6 is 0 Å². The van der Waals surface area contributed by atoms with Gasteiger partial charge in [0.2, 0.25) is 5.91 Å². The largest absolute Gasteiger partial charge is 0.368 e. The van der Waals surface area contributed by atoms with E-state index >= 15 is 0 Å². The maximum Gasteiger partial charge on any atom is 0.245 e. The van der Waals surface area contributed by atoms with Crippen molar-refractivity contribution in [1.82, 2.24) is 4.90 Å². The van der Waals surface area contributed by atoms with Crippen molar-refractivity contribution >= 4 is 11.7 Å². The molecule has 3 aromatic rings. The van der Waals surface area contributed by atoms with Gasteiger partial charge in [-0.25, -0.2) is 0 Å². The molecule has 33 heavy (non-hydrogen) atoms. The number of nitrogens with zero attached hydrogens (tertiary/aromatic N) is 1. The van der Waals surface area contributed by atoms with Crippen molar-refractivity contribution in [3.05, 3.63) is 108 Å². The van der Waals surface area contributed by atoms with Gasteiger partial charge in [0.1, 0.15) is 0 Å². The summed E-state index contributed by atoms with van der Waals surface area (Å²) in [5, 5.41) is 0. The molecule has 2 unspecified atom stereocenters. The molecular weight excluding hydrogens is 410 g/mol. The molecule has 0 spiro atoms. The minimum atomic E-state index is -1.52. The Morgan fingerprint density at radius 1 is 0.818 bits per heavy atom. The van der Waals surface area contributed by atoms with Gasteiger partial charge in [-0.3, -0.25) is 14.5 Å². The van der Waals surface area contributed by atoms with Crippen LogP contribution in [0.1, 0.15) is 48.4 Å². The zero-order valence-corrected chi connectivity index (χ0v) is 19.4. The van der Waals surface area contributed by atoms with Gasteiger partial charge in [-0.2, -0.15) is 0 Å². The van der Waals surface area contributed by atoms with E-state index in [0.717, 1.165) is 16.7 Å². The van der Waals surface area contributed by atoms with E-state index < -0.39 is 17.4 Å². The third kappa shape index (κ3) is 5.05. The lowest BCUT2D eigenvalue weighted by Gasteiger charge is -2.43. The number of nitrogens with two attached hydrogens (primary N) is 2. The van der Waals surface area contributed by atoms with Crippen molar-refractivity contribution in [2.75, 3.05) is 13.6 Å². The fraction of sp³-hybridized carbons (Fsp3) is 0.286. The number of rotatable bonds is 11. The van der Waals surface area contributed by atoms with Crippen molar-refractivity contribution in [2.45, 2.75) is 37.3 Å². The minimum absolute atomic E-state index is 0.215. The summed E-state index contributed by atoms with van der Waals surface area (Å²) in [6, 6.07) is 28.7. The van der Waals surface area contributed by atoms with Gasteiger partial charge >= 0.3 is 0 Å². The van der Waals surface area contributed by atoms with Crippen molar-refractivity contribution in [3.8, 4) is 0 Å². The second-order valence-electron chi connectivity index (χ2n) is 8.43. The fourth-order valence-corrected chi connectivity index (χ4v) is 4.56. The van der Waals surface area contributed by atoms with Crippen molar-refractivity contribution in [1.29, 1.82) is 0 Å². The van der Waals surface area contributed by atoms with Crippen molar-refractivity contribution in [2.24, 2.45) is 11.5 Å². The van der Waals surface area contributed by atoms with Gasteiger partial charge in [0.15, 0.2) is 11.3 Å². The number of amides is 1. The molecule has 3 aromatic carbocycles. The van der Waals surface area contributed by atoms with E-state index in [-0.39, 0.29) is 18.2 Å². The van der Waals surface area contributed by atoms with Crippen LogP contribution in [0.2, 0.25) is 0 Å². The van der Waals surface area contributed by atoms with Crippen LogP contribution in [-0.4, -0.2) is 35.7 Å². The Bertz CT molecular complexity index is 1000. The van der Waals surface area contributed by atoms with Crippen LogP contribution < -0.4 is 11.5 Å². The molecule has 0 aliphatic rings. The second-order valence-corrected chi connectivity index (χ2v) is 8.43. The summed E-state index contributed by atoms with van der Waals surface area (Å²) >= 11 is 0. The van der Waals surface area contributed by atoms with Crippen LogP contribution in [-0.2, 0) is 9.59 Å². The topological polar surface area (TPSA) is 89.4 Å². The number of likely N-dealkylation sites (N-methyl/N-ethyl adjacent to an activating group) is 1. The van der Waals surface area contributed by atoms with Crippen LogP contribution in [0, 0.1) is 0 Å². The van der Waals surface area contributed by atoms with E-state index in [1.807, 2.05) is 110 Å². The molecule has 0 radical (unpaired) electrons. The first-order valence-corrected chi connectivity index (χ1v) is 11.4. The average molecular weight is 444 g/mol. The van der Waals surface area contributed by atoms with E-state index in [1.165, 1.54) is 0 Å². The summed E-state index contributed by atoms with van der Waals surface area (Å²) in [6.45, 7) is 2.35. The monoisotopic (exact) mass is 443 g/mol. The summed E-state index contributed by atoms with van der Waals surface area (Å²) in [5.41, 5.74) is 13.1. The minimum Gasteiger partial charge on any atom is -0.368 e. The van der Waals surface area contributed by atoms with E-state index in [4.69, 9.17) is 11.5 Å². The molecule has 0 fully saturated rings. The number of carbonyl (C=O) groups excluding carboxylic acids is 2. The summed E-state index contributed by atoms with van der Waals surface area (Å²) < 4.78 is 0. The van der Waals surface area contributed by atoms with E-state index in [1.54, 1.807) is 0 Å². The SMILES string of the molecule is CC(c1ccccc1)N(C)C(CCCN)(C(N)=O)C(=O)C(c1ccccc1)c1ccccc1. The van der Waals surface area contributed by atoms with Gasteiger partial charge in [-0.05, 0) is 50.0 Å². The summed E-state index contributed by atoms with van der Waals surface area (Å²) in [5.74, 6) is -1.52. The molecule has 3 rings (SSSR count). The second kappa shape index (κ2) is 11.0.